The molecule has 0 fully saturated rings. The second-order valence-electron chi connectivity index (χ2n) is 4.03. The number of amidine groups is 1. The maximum absolute atomic E-state index is 11.5. The average molecular weight is 247 g/mol. The fraction of sp³-hybridized carbons (Fsp3) is 0.385. The monoisotopic (exact) mass is 247 g/mol. The molecule has 1 aromatic carbocycles. The van der Waals surface area contributed by atoms with E-state index in [4.69, 9.17) is 4.74 Å². The van der Waals surface area contributed by atoms with Crippen molar-refractivity contribution < 1.29 is 9.53 Å². The van der Waals surface area contributed by atoms with Crippen molar-refractivity contribution in [1.29, 1.82) is 0 Å². The number of nitrogens with zero attached hydrogens (tertiary/aromatic N) is 1. The number of hydrogen-bond acceptors (Lipinski definition) is 4. The van der Waals surface area contributed by atoms with Gasteiger partial charge in [0.15, 0.2) is 0 Å². The number of nitrogens with one attached hydrogen (secondary N) is 2. The Balaban J connectivity index is 1.93. The smallest absolute Gasteiger partial charge is 0.226 e. The van der Waals surface area contributed by atoms with Crippen molar-refractivity contribution in [2.75, 3.05) is 32.1 Å². The van der Waals surface area contributed by atoms with Gasteiger partial charge in [-0.2, -0.15) is 0 Å². The second kappa shape index (κ2) is 6.16. The zero-order chi connectivity index (χ0) is 12.8. The molecule has 1 aromatic rings. The van der Waals surface area contributed by atoms with Gasteiger partial charge in [-0.15, -0.1) is 0 Å². The molecular weight excluding hydrogens is 230 g/mol. The second-order valence-corrected chi connectivity index (χ2v) is 4.03. The molecule has 0 aliphatic carbocycles. The minimum Gasteiger partial charge on any atom is -0.384 e. The maximum Gasteiger partial charge on any atom is 0.226 e. The van der Waals surface area contributed by atoms with E-state index < -0.39 is 0 Å². The highest BCUT2D eigenvalue weighted by Gasteiger charge is 2.08. The molecule has 1 amide bonds. The standard InChI is InChI=1S/C13H17N3O2/c1-18-9-6-12(17)16-11-4-2-10(3-5-11)13-14-7-8-15-13/h2-5H,6-9H2,1H3,(H,14,15)(H,16,17). The summed E-state index contributed by atoms with van der Waals surface area (Å²) in [5.74, 6) is 0.883. The molecule has 1 aliphatic rings. The summed E-state index contributed by atoms with van der Waals surface area (Å²) in [6.07, 6.45) is 0.368. The Morgan fingerprint density at radius 2 is 2.22 bits per heavy atom. The Morgan fingerprint density at radius 1 is 1.44 bits per heavy atom. The van der Waals surface area contributed by atoms with Crippen LogP contribution in [0.5, 0.6) is 0 Å². The lowest BCUT2D eigenvalue weighted by molar-refractivity contribution is -0.117. The first kappa shape index (κ1) is 12.6. The first-order valence-corrected chi connectivity index (χ1v) is 5.97. The van der Waals surface area contributed by atoms with E-state index in [0.717, 1.165) is 30.2 Å². The molecule has 0 atom stereocenters. The Bertz CT molecular complexity index is 440. The molecule has 0 radical (unpaired) electrons. The van der Waals surface area contributed by atoms with Crippen LogP contribution in [0.4, 0.5) is 5.69 Å². The Hall–Kier alpha value is -1.88. The van der Waals surface area contributed by atoms with E-state index in [-0.39, 0.29) is 5.91 Å². The number of aliphatic imine (C=N–C) groups is 1. The van der Waals surface area contributed by atoms with Crippen molar-refractivity contribution in [2.45, 2.75) is 6.42 Å². The minimum atomic E-state index is -0.0408. The first-order valence-electron chi connectivity index (χ1n) is 5.97. The lowest BCUT2D eigenvalue weighted by Gasteiger charge is -2.06. The topological polar surface area (TPSA) is 62.7 Å². The molecule has 0 unspecified atom stereocenters. The van der Waals surface area contributed by atoms with Gasteiger partial charge in [-0.3, -0.25) is 9.79 Å². The Kier molecular flexibility index (Phi) is 4.30. The fourth-order valence-corrected chi connectivity index (χ4v) is 1.72. The van der Waals surface area contributed by atoms with Crippen LogP contribution < -0.4 is 10.6 Å². The van der Waals surface area contributed by atoms with E-state index >= 15 is 0 Å². The predicted octanol–water partition coefficient (Wildman–Crippen LogP) is 1.01. The molecule has 0 saturated heterocycles. The van der Waals surface area contributed by atoms with Crippen molar-refractivity contribution in [1.82, 2.24) is 5.32 Å². The summed E-state index contributed by atoms with van der Waals surface area (Å²) in [6, 6.07) is 7.65. The molecule has 18 heavy (non-hydrogen) atoms. The van der Waals surface area contributed by atoms with E-state index in [0.29, 0.717) is 13.0 Å². The van der Waals surface area contributed by atoms with Gasteiger partial charge in [0.2, 0.25) is 5.91 Å². The van der Waals surface area contributed by atoms with Crippen LogP contribution in [0, 0.1) is 0 Å². The van der Waals surface area contributed by atoms with Gasteiger partial charge in [-0.1, -0.05) is 0 Å². The van der Waals surface area contributed by atoms with Gasteiger partial charge < -0.3 is 15.4 Å². The third-order valence-electron chi connectivity index (χ3n) is 2.65. The number of carbonyl (C=O) groups excluding carboxylic acids is 1. The van der Waals surface area contributed by atoms with Crippen LogP contribution in [0.1, 0.15) is 12.0 Å². The number of rotatable bonds is 5. The van der Waals surface area contributed by atoms with Gasteiger partial charge in [-0.05, 0) is 24.3 Å². The normalized spacial score (nSPS) is 13.9. The maximum atomic E-state index is 11.5. The van der Waals surface area contributed by atoms with Crippen LogP contribution >= 0.6 is 0 Å². The molecule has 2 rings (SSSR count). The number of methoxy groups -OCH3 is 1. The summed E-state index contributed by atoms with van der Waals surface area (Å²) in [5.41, 5.74) is 1.83. The summed E-state index contributed by atoms with van der Waals surface area (Å²) < 4.78 is 4.85. The van der Waals surface area contributed by atoms with Gasteiger partial charge >= 0.3 is 0 Å². The molecule has 96 valence electrons. The summed E-state index contributed by atoms with van der Waals surface area (Å²) >= 11 is 0. The van der Waals surface area contributed by atoms with Crippen LogP contribution in [0.2, 0.25) is 0 Å². The van der Waals surface area contributed by atoms with Crippen molar-refractivity contribution in [3.8, 4) is 0 Å². The minimum absolute atomic E-state index is 0.0408. The van der Waals surface area contributed by atoms with Crippen molar-refractivity contribution in [2.24, 2.45) is 4.99 Å². The zero-order valence-corrected chi connectivity index (χ0v) is 10.4. The number of anilines is 1. The number of benzene rings is 1. The largest absolute Gasteiger partial charge is 0.384 e. The van der Waals surface area contributed by atoms with Crippen molar-refractivity contribution in [3.63, 3.8) is 0 Å². The fourth-order valence-electron chi connectivity index (χ4n) is 1.72. The molecule has 5 heteroatoms. The highest BCUT2D eigenvalue weighted by atomic mass is 16.5. The highest BCUT2D eigenvalue weighted by Crippen LogP contribution is 2.11. The Labute approximate surface area is 106 Å². The third kappa shape index (κ3) is 3.30. The van der Waals surface area contributed by atoms with Gasteiger partial charge in [0.1, 0.15) is 5.84 Å². The van der Waals surface area contributed by atoms with Crippen LogP contribution in [-0.4, -0.2) is 38.5 Å². The molecule has 0 saturated carbocycles. The molecule has 2 N–H and O–H groups in total. The van der Waals surface area contributed by atoms with Gasteiger partial charge in [-0.25, -0.2) is 0 Å². The van der Waals surface area contributed by atoms with E-state index in [9.17, 15) is 4.79 Å². The van der Waals surface area contributed by atoms with E-state index in [1.54, 1.807) is 7.11 Å². The van der Waals surface area contributed by atoms with E-state index in [1.807, 2.05) is 24.3 Å². The molecule has 0 aromatic heterocycles. The summed E-state index contributed by atoms with van der Waals surface area (Å²) in [4.78, 5) is 15.8. The highest BCUT2D eigenvalue weighted by molar-refractivity contribution is 6.00. The Morgan fingerprint density at radius 3 is 2.83 bits per heavy atom. The zero-order valence-electron chi connectivity index (χ0n) is 10.4. The van der Waals surface area contributed by atoms with Crippen LogP contribution in [0.3, 0.4) is 0 Å². The van der Waals surface area contributed by atoms with Crippen LogP contribution in [0.15, 0.2) is 29.3 Å². The van der Waals surface area contributed by atoms with Crippen LogP contribution in [-0.2, 0) is 9.53 Å². The van der Waals surface area contributed by atoms with Gasteiger partial charge in [0, 0.05) is 24.9 Å². The van der Waals surface area contributed by atoms with Gasteiger partial charge in [0.25, 0.3) is 0 Å². The number of ether oxygens (including phenoxy) is 1. The number of amides is 1. The van der Waals surface area contributed by atoms with E-state index in [1.165, 1.54) is 0 Å². The summed E-state index contributed by atoms with van der Waals surface area (Å²) in [7, 11) is 1.58. The van der Waals surface area contributed by atoms with Gasteiger partial charge in [0.05, 0.1) is 19.6 Å². The molecule has 0 spiro atoms. The lowest BCUT2D eigenvalue weighted by Crippen LogP contribution is -2.19. The summed E-state index contributed by atoms with van der Waals surface area (Å²) in [5, 5.41) is 6.02. The SMILES string of the molecule is COCCC(=O)Nc1ccc(C2=NCCN2)cc1. The number of hydrogen-bond donors (Lipinski definition) is 2. The molecule has 1 heterocycles. The van der Waals surface area contributed by atoms with Crippen molar-refractivity contribution in [3.05, 3.63) is 29.8 Å². The average Bonchev–Trinajstić information content (AvgIpc) is 2.91. The molecule has 0 bridgehead atoms. The van der Waals surface area contributed by atoms with E-state index in [2.05, 4.69) is 15.6 Å². The predicted molar refractivity (Wildman–Crippen MR) is 71.0 cm³/mol. The first-order chi connectivity index (χ1) is 8.79. The molecule has 1 aliphatic heterocycles. The van der Waals surface area contributed by atoms with Crippen LogP contribution in [0.25, 0.3) is 0 Å². The van der Waals surface area contributed by atoms with Crippen molar-refractivity contribution >= 4 is 17.4 Å². The lowest BCUT2D eigenvalue weighted by atomic mass is 10.2. The summed E-state index contributed by atoms with van der Waals surface area (Å²) in [6.45, 7) is 2.15. The third-order valence-corrected chi connectivity index (χ3v) is 2.65. The molecule has 5 nitrogen and oxygen atoms in total. The molecular formula is C13H17N3O2. The number of carbonyl (C=O) groups is 1. The quantitative estimate of drug-likeness (QED) is 0.816.